The fourth-order valence-corrected chi connectivity index (χ4v) is 7.60. The van der Waals surface area contributed by atoms with Gasteiger partial charge in [0.05, 0.1) is 11.0 Å². The zero-order valence-corrected chi connectivity index (χ0v) is 29.9. The van der Waals surface area contributed by atoms with E-state index in [9.17, 15) is 0 Å². The van der Waals surface area contributed by atoms with Crippen LogP contribution < -0.4 is 0 Å². The Morgan fingerprint density at radius 1 is 0.273 bits per heavy atom. The van der Waals surface area contributed by atoms with E-state index in [4.69, 9.17) is 15.0 Å². The Bertz CT molecular complexity index is 2950. The normalized spacial score (nSPS) is 11.3. The van der Waals surface area contributed by atoms with E-state index >= 15 is 0 Å². The minimum absolute atomic E-state index is 0.621. The monoisotopic (exact) mass is 702 g/mol. The maximum Gasteiger partial charge on any atom is 0.164 e. The van der Waals surface area contributed by atoms with E-state index < -0.39 is 0 Å². The first-order chi connectivity index (χ1) is 27.3. The van der Waals surface area contributed by atoms with Crippen molar-refractivity contribution in [2.75, 3.05) is 0 Å². The lowest BCUT2D eigenvalue weighted by atomic mass is 9.94. The maximum absolute atomic E-state index is 5.11. The van der Waals surface area contributed by atoms with Gasteiger partial charge in [0.2, 0.25) is 0 Å². The fraction of sp³-hybridized carbons (Fsp3) is 0. The van der Waals surface area contributed by atoms with Crippen molar-refractivity contribution in [3.8, 4) is 73.2 Å². The van der Waals surface area contributed by atoms with Crippen LogP contribution in [0.15, 0.2) is 206 Å². The van der Waals surface area contributed by atoms with Crippen LogP contribution in [0.2, 0.25) is 0 Å². The average Bonchev–Trinajstić information content (AvgIpc) is 3.61. The van der Waals surface area contributed by atoms with Crippen molar-refractivity contribution in [2.45, 2.75) is 0 Å². The highest BCUT2D eigenvalue weighted by Crippen LogP contribution is 2.38. The van der Waals surface area contributed by atoms with E-state index in [1.54, 1.807) is 0 Å². The lowest BCUT2D eigenvalue weighted by Crippen LogP contribution is -2.01. The largest absolute Gasteiger partial charge is 0.309 e. The SMILES string of the molecule is c1ccc(-c2ccc(-c3nc(-c4ccccc4)nc(-c4cccc(-n5c6ccccc6c6ccc(-c7ccccc7-c7ccccc7)cc65)c4)n3)cc2)cc1. The molecule has 0 N–H and O–H groups in total. The van der Waals surface area contributed by atoms with Gasteiger partial charge in [-0.1, -0.05) is 182 Å². The number of fused-ring (bicyclic) bond motifs is 3. The highest BCUT2D eigenvalue weighted by Gasteiger charge is 2.17. The van der Waals surface area contributed by atoms with Crippen LogP contribution in [0.5, 0.6) is 0 Å². The van der Waals surface area contributed by atoms with Crippen molar-refractivity contribution in [3.05, 3.63) is 206 Å². The highest BCUT2D eigenvalue weighted by atomic mass is 15.0. The van der Waals surface area contributed by atoms with Gasteiger partial charge in [0.15, 0.2) is 17.5 Å². The minimum atomic E-state index is 0.621. The van der Waals surface area contributed by atoms with Gasteiger partial charge in [-0.2, -0.15) is 0 Å². The maximum atomic E-state index is 5.11. The molecular formula is C51H34N4. The Kier molecular flexibility index (Phi) is 8.12. The molecule has 258 valence electrons. The quantitative estimate of drug-likeness (QED) is 0.166. The number of nitrogens with zero attached hydrogens (tertiary/aromatic N) is 4. The van der Waals surface area contributed by atoms with Crippen LogP contribution in [0.25, 0.3) is 95.0 Å². The molecule has 0 unspecified atom stereocenters. The molecule has 10 rings (SSSR count). The Morgan fingerprint density at radius 2 is 0.727 bits per heavy atom. The molecule has 0 atom stereocenters. The molecule has 2 aromatic heterocycles. The molecule has 0 fully saturated rings. The van der Waals surface area contributed by atoms with E-state index in [1.165, 1.54) is 38.6 Å². The predicted molar refractivity (Wildman–Crippen MR) is 227 cm³/mol. The van der Waals surface area contributed by atoms with Crippen LogP contribution >= 0.6 is 0 Å². The Morgan fingerprint density at radius 3 is 1.42 bits per heavy atom. The summed E-state index contributed by atoms with van der Waals surface area (Å²) in [4.78, 5) is 15.2. The zero-order chi connectivity index (χ0) is 36.6. The van der Waals surface area contributed by atoms with Gasteiger partial charge >= 0.3 is 0 Å². The number of aromatic nitrogens is 4. The molecule has 0 radical (unpaired) electrons. The van der Waals surface area contributed by atoms with Crippen molar-refractivity contribution in [2.24, 2.45) is 0 Å². The molecule has 55 heavy (non-hydrogen) atoms. The van der Waals surface area contributed by atoms with Crippen molar-refractivity contribution in [1.82, 2.24) is 19.5 Å². The van der Waals surface area contributed by atoms with Crippen molar-refractivity contribution in [3.63, 3.8) is 0 Å². The van der Waals surface area contributed by atoms with Crippen LogP contribution in [-0.2, 0) is 0 Å². The topological polar surface area (TPSA) is 43.6 Å². The van der Waals surface area contributed by atoms with Gasteiger partial charge in [-0.3, -0.25) is 0 Å². The molecule has 0 aliphatic carbocycles. The molecule has 0 saturated carbocycles. The third kappa shape index (κ3) is 6.06. The smallest absolute Gasteiger partial charge is 0.164 e. The summed E-state index contributed by atoms with van der Waals surface area (Å²) in [5.74, 6) is 1.89. The summed E-state index contributed by atoms with van der Waals surface area (Å²) >= 11 is 0. The summed E-state index contributed by atoms with van der Waals surface area (Å²) in [6.45, 7) is 0. The van der Waals surface area contributed by atoms with Crippen LogP contribution in [0.3, 0.4) is 0 Å². The van der Waals surface area contributed by atoms with Crippen LogP contribution in [0.1, 0.15) is 0 Å². The number of hydrogen-bond acceptors (Lipinski definition) is 3. The van der Waals surface area contributed by atoms with Crippen molar-refractivity contribution in [1.29, 1.82) is 0 Å². The molecule has 8 aromatic carbocycles. The first kappa shape index (κ1) is 32.2. The van der Waals surface area contributed by atoms with E-state index in [0.29, 0.717) is 17.5 Å². The Labute approximate surface area is 319 Å². The molecule has 0 aliphatic rings. The molecular weight excluding hydrogens is 669 g/mol. The van der Waals surface area contributed by atoms with E-state index in [-0.39, 0.29) is 0 Å². The van der Waals surface area contributed by atoms with Crippen molar-refractivity contribution >= 4 is 21.8 Å². The molecule has 2 heterocycles. The molecule has 0 bridgehead atoms. The van der Waals surface area contributed by atoms with Gasteiger partial charge in [-0.15, -0.1) is 0 Å². The van der Waals surface area contributed by atoms with Crippen LogP contribution in [0.4, 0.5) is 0 Å². The van der Waals surface area contributed by atoms with Gasteiger partial charge in [0.1, 0.15) is 0 Å². The third-order valence-electron chi connectivity index (χ3n) is 10.3. The first-order valence-corrected chi connectivity index (χ1v) is 18.5. The number of rotatable bonds is 7. The molecule has 0 saturated heterocycles. The second-order valence-corrected chi connectivity index (χ2v) is 13.7. The molecule has 0 amide bonds. The lowest BCUT2D eigenvalue weighted by Gasteiger charge is -2.13. The van der Waals surface area contributed by atoms with E-state index in [2.05, 4.69) is 174 Å². The summed E-state index contributed by atoms with van der Waals surface area (Å²) < 4.78 is 2.37. The van der Waals surface area contributed by atoms with Crippen molar-refractivity contribution < 1.29 is 0 Å². The van der Waals surface area contributed by atoms with Gasteiger partial charge < -0.3 is 4.57 Å². The van der Waals surface area contributed by atoms with Gasteiger partial charge in [-0.05, 0) is 57.6 Å². The lowest BCUT2D eigenvalue weighted by molar-refractivity contribution is 1.07. The summed E-state index contributed by atoms with van der Waals surface area (Å²) in [7, 11) is 0. The van der Waals surface area contributed by atoms with Gasteiger partial charge in [0.25, 0.3) is 0 Å². The zero-order valence-electron chi connectivity index (χ0n) is 29.9. The fourth-order valence-electron chi connectivity index (χ4n) is 7.60. The first-order valence-electron chi connectivity index (χ1n) is 18.5. The number of benzene rings is 8. The molecule has 10 aromatic rings. The summed E-state index contributed by atoms with van der Waals surface area (Å²) in [5, 5.41) is 2.41. The molecule has 4 nitrogen and oxygen atoms in total. The highest BCUT2D eigenvalue weighted by molar-refractivity contribution is 6.10. The Hall–Kier alpha value is -7.43. The molecule has 0 aliphatic heterocycles. The molecule has 4 heteroatoms. The second kappa shape index (κ2) is 13.8. The Balaban J connectivity index is 1.12. The number of hydrogen-bond donors (Lipinski definition) is 0. The van der Waals surface area contributed by atoms with E-state index in [0.717, 1.165) is 39.0 Å². The third-order valence-corrected chi connectivity index (χ3v) is 10.3. The molecule has 0 spiro atoms. The summed E-state index contributed by atoms with van der Waals surface area (Å²) in [5.41, 5.74) is 13.2. The predicted octanol–water partition coefficient (Wildman–Crippen LogP) is 13.0. The second-order valence-electron chi connectivity index (χ2n) is 13.7. The standard InChI is InChI=1S/C51H34N4/c1-4-15-35(16-5-1)36-27-29-39(30-28-36)50-52-49(38-19-8-3-9-20-38)53-51(54-50)41-21-14-22-42(33-41)55-47-26-13-12-25-45(47)46-32-31-40(34-48(46)55)44-24-11-10-23-43(44)37-17-6-2-7-18-37/h1-34H. The van der Waals surface area contributed by atoms with Crippen LogP contribution in [0, 0.1) is 0 Å². The minimum Gasteiger partial charge on any atom is -0.309 e. The number of para-hydroxylation sites is 1. The average molecular weight is 703 g/mol. The van der Waals surface area contributed by atoms with Gasteiger partial charge in [0, 0.05) is 33.2 Å². The van der Waals surface area contributed by atoms with Gasteiger partial charge in [-0.25, -0.2) is 15.0 Å². The summed E-state index contributed by atoms with van der Waals surface area (Å²) in [6.07, 6.45) is 0. The summed E-state index contributed by atoms with van der Waals surface area (Å²) in [6, 6.07) is 72.3. The van der Waals surface area contributed by atoms with E-state index in [1.807, 2.05) is 36.4 Å². The van der Waals surface area contributed by atoms with Crippen LogP contribution in [-0.4, -0.2) is 19.5 Å².